The van der Waals surface area contributed by atoms with E-state index in [1.165, 1.54) is 0 Å². The predicted molar refractivity (Wildman–Crippen MR) is 74.7 cm³/mol. The molecule has 0 saturated heterocycles. The summed E-state index contributed by atoms with van der Waals surface area (Å²) in [5, 5.41) is 11.7. The Morgan fingerprint density at radius 2 is 2.26 bits per heavy atom. The molecule has 1 amide bonds. The van der Waals surface area contributed by atoms with Crippen molar-refractivity contribution >= 4 is 5.91 Å². The van der Waals surface area contributed by atoms with Gasteiger partial charge in [-0.3, -0.25) is 4.79 Å². The molecule has 1 aromatic rings. The maximum atomic E-state index is 12.2. The van der Waals surface area contributed by atoms with Gasteiger partial charge in [0.2, 0.25) is 0 Å². The molecule has 1 rings (SSSR count). The molecule has 0 unspecified atom stereocenters. The largest absolute Gasteiger partial charge is 0.384 e. The number of nitrogens with zero attached hydrogens (tertiary/aromatic N) is 1. The minimum Gasteiger partial charge on any atom is -0.384 e. The van der Waals surface area contributed by atoms with Gasteiger partial charge in [-0.15, -0.1) is 0 Å². The van der Waals surface area contributed by atoms with Crippen molar-refractivity contribution in [2.75, 3.05) is 6.61 Å². The van der Waals surface area contributed by atoms with Gasteiger partial charge < -0.3 is 10.4 Å². The number of aromatic nitrogens is 1. The van der Waals surface area contributed by atoms with Gasteiger partial charge in [-0.25, -0.2) is 4.98 Å². The van der Waals surface area contributed by atoms with E-state index in [0.717, 1.165) is 12.8 Å². The molecule has 0 aliphatic heterocycles. The van der Waals surface area contributed by atoms with Crippen molar-refractivity contribution in [1.29, 1.82) is 0 Å². The van der Waals surface area contributed by atoms with E-state index in [1.807, 2.05) is 13.8 Å². The van der Waals surface area contributed by atoms with Crippen molar-refractivity contribution in [2.45, 2.75) is 39.2 Å². The van der Waals surface area contributed by atoms with Crippen LogP contribution in [0.1, 0.15) is 49.7 Å². The van der Waals surface area contributed by atoms with Crippen molar-refractivity contribution in [2.24, 2.45) is 0 Å². The SMILES string of the molecule is CCCC(C)(C)NC(=O)c1ncccc1C#CCO. The van der Waals surface area contributed by atoms with Crippen molar-refractivity contribution in [1.82, 2.24) is 10.3 Å². The van der Waals surface area contributed by atoms with E-state index in [9.17, 15) is 4.79 Å². The van der Waals surface area contributed by atoms with E-state index in [1.54, 1.807) is 18.3 Å². The van der Waals surface area contributed by atoms with Crippen LogP contribution in [0.25, 0.3) is 0 Å². The van der Waals surface area contributed by atoms with Crippen LogP contribution in [0.2, 0.25) is 0 Å². The summed E-state index contributed by atoms with van der Waals surface area (Å²) in [5.41, 5.74) is 0.555. The quantitative estimate of drug-likeness (QED) is 0.810. The van der Waals surface area contributed by atoms with Gasteiger partial charge in [0.05, 0.1) is 5.56 Å². The number of carbonyl (C=O) groups is 1. The number of hydrogen-bond acceptors (Lipinski definition) is 3. The minimum absolute atomic E-state index is 0.235. The van der Waals surface area contributed by atoms with Gasteiger partial charge >= 0.3 is 0 Å². The summed E-state index contributed by atoms with van der Waals surface area (Å²) < 4.78 is 0. The van der Waals surface area contributed by atoms with Gasteiger partial charge in [0.1, 0.15) is 12.3 Å². The highest BCUT2D eigenvalue weighted by molar-refractivity contribution is 5.95. The van der Waals surface area contributed by atoms with Crippen molar-refractivity contribution in [3.05, 3.63) is 29.6 Å². The molecule has 0 aliphatic carbocycles. The summed E-state index contributed by atoms with van der Waals surface area (Å²) in [6, 6.07) is 3.44. The molecule has 2 N–H and O–H groups in total. The number of rotatable bonds is 4. The third kappa shape index (κ3) is 4.72. The molecule has 0 spiro atoms. The van der Waals surface area contributed by atoms with Crippen LogP contribution >= 0.6 is 0 Å². The van der Waals surface area contributed by atoms with Gasteiger partial charge in [-0.2, -0.15) is 0 Å². The fourth-order valence-electron chi connectivity index (χ4n) is 1.88. The lowest BCUT2D eigenvalue weighted by Crippen LogP contribution is -2.43. The van der Waals surface area contributed by atoms with Crippen LogP contribution in [0, 0.1) is 11.8 Å². The third-order valence-electron chi connectivity index (χ3n) is 2.65. The molecule has 0 atom stereocenters. The summed E-state index contributed by atoms with van der Waals surface area (Å²) in [5.74, 6) is 5.04. The lowest BCUT2D eigenvalue weighted by Gasteiger charge is -2.25. The average Bonchev–Trinajstić information content (AvgIpc) is 2.36. The van der Waals surface area contributed by atoms with E-state index in [-0.39, 0.29) is 18.1 Å². The van der Waals surface area contributed by atoms with Gasteiger partial charge in [-0.05, 0) is 32.4 Å². The van der Waals surface area contributed by atoms with E-state index in [2.05, 4.69) is 29.1 Å². The Balaban J connectivity index is 2.94. The second kappa shape index (κ2) is 6.91. The molecule has 0 radical (unpaired) electrons. The van der Waals surface area contributed by atoms with Crippen LogP contribution in [0.5, 0.6) is 0 Å². The monoisotopic (exact) mass is 260 g/mol. The van der Waals surface area contributed by atoms with Crippen molar-refractivity contribution in [3.8, 4) is 11.8 Å². The molecule has 0 saturated carbocycles. The highest BCUT2D eigenvalue weighted by atomic mass is 16.2. The lowest BCUT2D eigenvalue weighted by molar-refractivity contribution is 0.0903. The van der Waals surface area contributed by atoms with E-state index in [0.29, 0.717) is 11.3 Å². The molecule has 0 fully saturated rings. The summed E-state index contributed by atoms with van der Waals surface area (Å²) in [4.78, 5) is 16.3. The fourth-order valence-corrected chi connectivity index (χ4v) is 1.88. The second-order valence-electron chi connectivity index (χ2n) is 4.95. The summed E-state index contributed by atoms with van der Waals surface area (Å²) in [6.45, 7) is 5.80. The van der Waals surface area contributed by atoms with Gasteiger partial charge in [0.25, 0.3) is 5.91 Å². The standard InChI is InChI=1S/C15H20N2O2/c1-4-9-15(2,3)17-14(19)13-12(8-6-11-18)7-5-10-16-13/h5,7,10,18H,4,9,11H2,1-3H3,(H,17,19). The van der Waals surface area contributed by atoms with Crippen LogP contribution in [0.3, 0.4) is 0 Å². The van der Waals surface area contributed by atoms with Crippen LogP contribution in [0.15, 0.2) is 18.3 Å². The van der Waals surface area contributed by atoms with Gasteiger partial charge in [0, 0.05) is 11.7 Å². The molecule has 4 nitrogen and oxygen atoms in total. The maximum Gasteiger partial charge on any atom is 0.271 e. The number of hydrogen-bond donors (Lipinski definition) is 2. The zero-order chi connectivity index (χ0) is 14.3. The van der Waals surface area contributed by atoms with E-state index in [4.69, 9.17) is 5.11 Å². The first-order chi connectivity index (χ1) is 9.00. The van der Waals surface area contributed by atoms with Crippen molar-refractivity contribution < 1.29 is 9.90 Å². The first-order valence-electron chi connectivity index (χ1n) is 6.37. The lowest BCUT2D eigenvalue weighted by atomic mass is 9.98. The van der Waals surface area contributed by atoms with Crippen LogP contribution in [-0.4, -0.2) is 28.1 Å². The molecule has 19 heavy (non-hydrogen) atoms. The third-order valence-corrected chi connectivity index (χ3v) is 2.65. The second-order valence-corrected chi connectivity index (χ2v) is 4.95. The molecule has 0 bridgehead atoms. The zero-order valence-corrected chi connectivity index (χ0v) is 11.7. The van der Waals surface area contributed by atoms with Crippen LogP contribution in [-0.2, 0) is 0 Å². The number of aliphatic hydroxyl groups is 1. The van der Waals surface area contributed by atoms with Crippen LogP contribution in [0.4, 0.5) is 0 Å². The molecule has 1 aromatic heterocycles. The highest BCUT2D eigenvalue weighted by Gasteiger charge is 2.22. The number of carbonyl (C=O) groups excluding carboxylic acids is 1. The Morgan fingerprint density at radius 3 is 2.89 bits per heavy atom. The predicted octanol–water partition coefficient (Wildman–Crippen LogP) is 1.73. The molecular weight excluding hydrogens is 240 g/mol. The summed E-state index contributed by atoms with van der Waals surface area (Å²) in [6.07, 6.45) is 3.45. The highest BCUT2D eigenvalue weighted by Crippen LogP contribution is 2.13. The molecule has 102 valence electrons. The van der Waals surface area contributed by atoms with E-state index >= 15 is 0 Å². The minimum atomic E-state index is -0.273. The summed E-state index contributed by atoms with van der Waals surface area (Å²) in [7, 11) is 0. The molecule has 4 heteroatoms. The molecule has 0 aromatic carbocycles. The number of pyridine rings is 1. The number of amides is 1. The smallest absolute Gasteiger partial charge is 0.271 e. The Labute approximate surface area is 114 Å². The fraction of sp³-hybridized carbons (Fsp3) is 0.467. The number of nitrogens with one attached hydrogen (secondary N) is 1. The molecule has 1 heterocycles. The Morgan fingerprint density at radius 1 is 1.53 bits per heavy atom. The Bertz CT molecular complexity index is 498. The first-order valence-corrected chi connectivity index (χ1v) is 6.37. The average molecular weight is 260 g/mol. The maximum absolute atomic E-state index is 12.2. The van der Waals surface area contributed by atoms with Gasteiger partial charge in [-0.1, -0.05) is 25.2 Å². The summed E-state index contributed by atoms with van der Waals surface area (Å²) >= 11 is 0. The molecular formula is C15H20N2O2. The normalized spacial score (nSPS) is 10.5. The van der Waals surface area contributed by atoms with Crippen molar-refractivity contribution in [3.63, 3.8) is 0 Å². The van der Waals surface area contributed by atoms with Crippen LogP contribution < -0.4 is 5.32 Å². The topological polar surface area (TPSA) is 62.2 Å². The molecule has 0 aliphatic rings. The number of aliphatic hydroxyl groups excluding tert-OH is 1. The first kappa shape index (κ1) is 15.2. The van der Waals surface area contributed by atoms with Gasteiger partial charge in [0.15, 0.2) is 0 Å². The zero-order valence-electron chi connectivity index (χ0n) is 11.7. The Kier molecular flexibility index (Phi) is 5.53. The van der Waals surface area contributed by atoms with E-state index < -0.39 is 0 Å². The Hall–Kier alpha value is -1.86.